The van der Waals surface area contributed by atoms with Gasteiger partial charge in [-0.05, 0) is 31.7 Å². The molecule has 1 unspecified atom stereocenters. The number of ether oxygens (including phenoxy) is 1. The van der Waals surface area contributed by atoms with Crippen LogP contribution in [0.5, 0.6) is 5.75 Å². The number of likely N-dealkylation sites (N-methyl/N-ethyl adjacent to an activating group) is 1. The lowest BCUT2D eigenvalue weighted by Gasteiger charge is -2.43. The summed E-state index contributed by atoms with van der Waals surface area (Å²) in [5.74, 6) is -0.0874. The lowest BCUT2D eigenvalue weighted by Crippen LogP contribution is -2.46. The molecule has 0 saturated heterocycles. The van der Waals surface area contributed by atoms with Gasteiger partial charge in [-0.15, -0.1) is 0 Å². The van der Waals surface area contributed by atoms with Crippen molar-refractivity contribution in [2.24, 2.45) is 17.4 Å². The molecular weight excluding hydrogens is 518 g/mol. The van der Waals surface area contributed by atoms with Crippen molar-refractivity contribution in [3.05, 3.63) is 65.4 Å². The van der Waals surface area contributed by atoms with Crippen molar-refractivity contribution < 1.29 is 14.3 Å². The van der Waals surface area contributed by atoms with Crippen molar-refractivity contribution in [3.8, 4) is 11.8 Å². The molecule has 1 aliphatic heterocycles. The molecule has 2 amide bonds. The summed E-state index contributed by atoms with van der Waals surface area (Å²) < 4.78 is 5.87. The van der Waals surface area contributed by atoms with E-state index in [4.69, 9.17) is 16.2 Å². The molecule has 10 heteroatoms. The zero-order valence-corrected chi connectivity index (χ0v) is 24.5. The highest BCUT2D eigenvalue weighted by atomic mass is 16.5. The van der Waals surface area contributed by atoms with Crippen LogP contribution in [0.2, 0.25) is 0 Å². The Labute approximate surface area is 243 Å². The average molecular weight is 562 g/mol. The molecule has 1 atom stereocenters. The van der Waals surface area contributed by atoms with Crippen LogP contribution in [0.25, 0.3) is 5.57 Å². The van der Waals surface area contributed by atoms with Crippen LogP contribution in [-0.4, -0.2) is 43.0 Å². The molecule has 7 N–H and O–H groups in total. The van der Waals surface area contributed by atoms with Crippen LogP contribution in [0.15, 0.2) is 59.8 Å². The number of nitrogens with two attached hydrogens (primary N) is 2. The molecule has 0 spiro atoms. The predicted molar refractivity (Wildman–Crippen MR) is 162 cm³/mol. The first-order chi connectivity index (χ1) is 19.7. The molecule has 1 heterocycles. The monoisotopic (exact) mass is 561 g/mol. The van der Waals surface area contributed by atoms with Crippen molar-refractivity contribution in [2.45, 2.75) is 64.3 Å². The second kappa shape index (κ2) is 14.3. The molecule has 1 aliphatic carbocycles. The molecular formula is C31H43N7O3. The number of carbonyl (C=O) groups is 2. The zero-order valence-electron chi connectivity index (χ0n) is 24.5. The quantitative estimate of drug-likeness (QED) is 0.169. The van der Waals surface area contributed by atoms with Crippen LogP contribution < -0.4 is 32.2 Å². The molecule has 41 heavy (non-hydrogen) atoms. The number of benzene rings is 1. The number of carbonyl (C=O) groups excluding carboxylic acids is 2. The number of nitrogens with one attached hydrogen (secondary N) is 3. The third-order valence-electron chi connectivity index (χ3n) is 7.64. The smallest absolute Gasteiger partial charge is 0.269 e. The number of amides is 2. The lowest BCUT2D eigenvalue weighted by atomic mass is 9.84. The molecule has 1 saturated carbocycles. The molecule has 0 bridgehead atoms. The van der Waals surface area contributed by atoms with E-state index in [9.17, 15) is 14.9 Å². The Morgan fingerprint density at radius 2 is 2.02 bits per heavy atom. The fraction of sp³-hybridized carbons (Fsp3) is 0.452. The van der Waals surface area contributed by atoms with Crippen LogP contribution in [0, 0.1) is 17.2 Å². The van der Waals surface area contributed by atoms with Gasteiger partial charge in [-0.3, -0.25) is 9.59 Å². The number of rotatable bonds is 14. The maximum atomic E-state index is 12.5. The molecule has 1 aromatic rings. The van der Waals surface area contributed by atoms with Gasteiger partial charge in [0.2, 0.25) is 5.91 Å². The summed E-state index contributed by atoms with van der Waals surface area (Å²) in [6.45, 7) is 5.02. The highest BCUT2D eigenvalue weighted by molar-refractivity contribution is 5.94. The standard InChI is InChI=1S/C31H43N7O3/c1-5-7-15-31(6-2,16-17-32)38-18-9-10-22(20-38)23-11-8-12-24(28(23)41-4)36-25(27(34)30(40)35-3)19-26(33)37-29(39)21-13-14-21/h8-12,19-21,36H,5-7,13-16,18,33-34H2,1-4H3,(H,35,40)(H,37,39)/b26-19+,27-25+. The maximum absolute atomic E-state index is 12.5. The fourth-order valence-corrected chi connectivity index (χ4v) is 4.99. The van der Waals surface area contributed by atoms with E-state index in [1.165, 1.54) is 13.1 Å². The number of methoxy groups -OCH3 is 1. The summed E-state index contributed by atoms with van der Waals surface area (Å²) in [6, 6.07) is 8.06. The number of para-hydroxylation sites is 1. The van der Waals surface area contributed by atoms with Gasteiger partial charge in [0.05, 0.1) is 36.5 Å². The molecule has 0 radical (unpaired) electrons. The Morgan fingerprint density at radius 1 is 1.27 bits per heavy atom. The Bertz CT molecular complexity index is 1290. The van der Waals surface area contributed by atoms with Crippen LogP contribution in [0.3, 0.4) is 0 Å². The number of unbranched alkanes of at least 4 members (excludes halogenated alkanes) is 1. The van der Waals surface area contributed by atoms with Gasteiger partial charge in [0.25, 0.3) is 5.91 Å². The lowest BCUT2D eigenvalue weighted by molar-refractivity contribution is -0.121. The van der Waals surface area contributed by atoms with Crippen LogP contribution in [0.4, 0.5) is 5.69 Å². The fourth-order valence-electron chi connectivity index (χ4n) is 4.99. The Morgan fingerprint density at radius 3 is 2.63 bits per heavy atom. The van der Waals surface area contributed by atoms with Gasteiger partial charge in [-0.1, -0.05) is 51.0 Å². The predicted octanol–water partition coefficient (Wildman–Crippen LogP) is 3.82. The normalized spacial score (nSPS) is 17.0. The highest BCUT2D eigenvalue weighted by Crippen LogP contribution is 2.39. The third kappa shape index (κ3) is 7.63. The molecule has 3 rings (SSSR count). The van der Waals surface area contributed by atoms with E-state index in [2.05, 4.69) is 53.0 Å². The molecule has 10 nitrogen and oxygen atoms in total. The molecule has 220 valence electrons. The van der Waals surface area contributed by atoms with E-state index in [1.807, 2.05) is 24.3 Å². The van der Waals surface area contributed by atoms with Crippen molar-refractivity contribution in [1.82, 2.24) is 15.5 Å². The molecule has 1 fully saturated rings. The van der Waals surface area contributed by atoms with E-state index in [1.54, 1.807) is 7.11 Å². The zero-order chi connectivity index (χ0) is 30.0. The summed E-state index contributed by atoms with van der Waals surface area (Å²) in [5, 5.41) is 18.1. The Balaban J connectivity index is 2.01. The highest BCUT2D eigenvalue weighted by Gasteiger charge is 2.34. The minimum absolute atomic E-state index is 0.0339. The first-order valence-electron chi connectivity index (χ1n) is 14.2. The minimum atomic E-state index is -0.505. The first kappa shape index (κ1) is 31.1. The average Bonchev–Trinajstić information content (AvgIpc) is 3.84. The third-order valence-corrected chi connectivity index (χ3v) is 7.64. The Hall–Kier alpha value is -4.39. The number of nitrogens with zero attached hydrogens (tertiary/aromatic N) is 2. The van der Waals surface area contributed by atoms with Gasteiger partial charge in [0, 0.05) is 42.9 Å². The number of anilines is 1. The molecule has 2 aliphatic rings. The summed E-state index contributed by atoms with van der Waals surface area (Å²) in [6.07, 6.45) is 13.7. The van der Waals surface area contributed by atoms with Crippen molar-refractivity contribution in [1.29, 1.82) is 5.26 Å². The van der Waals surface area contributed by atoms with Gasteiger partial charge in [0.15, 0.2) is 0 Å². The van der Waals surface area contributed by atoms with Gasteiger partial charge >= 0.3 is 0 Å². The minimum Gasteiger partial charge on any atom is -0.494 e. The van der Waals surface area contributed by atoms with E-state index < -0.39 is 5.91 Å². The number of hydrogen-bond donors (Lipinski definition) is 5. The largest absolute Gasteiger partial charge is 0.494 e. The SMILES string of the molecule is CCCCC(CC)(CC#N)N1C=C(c2cccc(NC(/C=C(\N)NC(=O)C3CC3)=C(/N)C(=O)NC)c2OC)C=CC1. The molecule has 0 aromatic heterocycles. The second-order valence-corrected chi connectivity index (χ2v) is 10.4. The van der Waals surface area contributed by atoms with E-state index in [0.29, 0.717) is 17.9 Å². The number of nitriles is 1. The summed E-state index contributed by atoms with van der Waals surface area (Å²) in [5.41, 5.74) is 14.5. The Kier molecular flexibility index (Phi) is 10.9. The van der Waals surface area contributed by atoms with Crippen molar-refractivity contribution >= 4 is 23.1 Å². The second-order valence-electron chi connectivity index (χ2n) is 10.4. The topological polar surface area (TPSA) is 159 Å². The van der Waals surface area contributed by atoms with Gasteiger partial charge in [-0.2, -0.15) is 5.26 Å². The van der Waals surface area contributed by atoms with Gasteiger partial charge < -0.3 is 37.1 Å². The van der Waals surface area contributed by atoms with Gasteiger partial charge in [0.1, 0.15) is 17.3 Å². The summed E-state index contributed by atoms with van der Waals surface area (Å²) in [7, 11) is 3.06. The summed E-state index contributed by atoms with van der Waals surface area (Å²) in [4.78, 5) is 27.0. The van der Waals surface area contributed by atoms with Crippen LogP contribution in [-0.2, 0) is 9.59 Å². The van der Waals surface area contributed by atoms with Crippen LogP contribution >= 0.6 is 0 Å². The van der Waals surface area contributed by atoms with E-state index in [-0.39, 0.29) is 34.6 Å². The summed E-state index contributed by atoms with van der Waals surface area (Å²) >= 11 is 0. The maximum Gasteiger partial charge on any atom is 0.269 e. The number of hydrogen-bond acceptors (Lipinski definition) is 8. The van der Waals surface area contributed by atoms with Crippen molar-refractivity contribution in [2.75, 3.05) is 26.0 Å². The van der Waals surface area contributed by atoms with E-state index >= 15 is 0 Å². The van der Waals surface area contributed by atoms with E-state index in [0.717, 1.165) is 56.2 Å². The molecule has 1 aromatic carbocycles. The first-order valence-corrected chi connectivity index (χ1v) is 14.2. The number of allylic oxidation sites excluding steroid dienone is 3. The van der Waals surface area contributed by atoms with Gasteiger partial charge in [-0.25, -0.2) is 0 Å². The van der Waals surface area contributed by atoms with Crippen LogP contribution in [0.1, 0.15) is 64.4 Å². The van der Waals surface area contributed by atoms with Crippen molar-refractivity contribution in [3.63, 3.8) is 0 Å².